The van der Waals surface area contributed by atoms with E-state index in [1.807, 2.05) is 7.05 Å². The van der Waals surface area contributed by atoms with Gasteiger partial charge in [-0.15, -0.1) is 0 Å². The van der Waals surface area contributed by atoms with Crippen LogP contribution in [0, 0.1) is 5.92 Å². The van der Waals surface area contributed by atoms with Crippen LogP contribution in [0.2, 0.25) is 0 Å². The van der Waals surface area contributed by atoms with Gasteiger partial charge in [0.15, 0.2) is 0 Å². The average Bonchev–Trinajstić information content (AvgIpc) is 2.88. The van der Waals surface area contributed by atoms with Crippen LogP contribution < -0.4 is 5.73 Å². The number of rotatable bonds is 3. The number of amides is 1. The molecule has 0 radical (unpaired) electrons. The quantitative estimate of drug-likeness (QED) is 0.713. The van der Waals surface area contributed by atoms with Crippen LogP contribution in [0.25, 0.3) is 0 Å². The largest absolute Gasteiger partial charge is 0.379 e. The van der Waals surface area contributed by atoms with E-state index in [1.165, 1.54) is 0 Å². The predicted molar refractivity (Wildman–Crippen MR) is 58.9 cm³/mol. The molecule has 0 saturated carbocycles. The molecule has 5 nitrogen and oxygen atoms in total. The Morgan fingerprint density at radius 3 is 2.88 bits per heavy atom. The van der Waals surface area contributed by atoms with Gasteiger partial charge in [-0.3, -0.25) is 4.79 Å². The second kappa shape index (κ2) is 5.12. The number of nitrogens with two attached hydrogens (primary N) is 1. The molecular formula is C11H20N2O3. The molecule has 2 aliphatic rings. The molecule has 5 heteroatoms. The van der Waals surface area contributed by atoms with Gasteiger partial charge in [0.2, 0.25) is 5.91 Å². The van der Waals surface area contributed by atoms with Crippen molar-refractivity contribution >= 4 is 5.91 Å². The number of likely N-dealkylation sites (N-methyl/N-ethyl adjacent to an activating group) is 1. The highest BCUT2D eigenvalue weighted by molar-refractivity contribution is 5.79. The number of carbonyl (C=O) groups excluding carboxylic acids is 1. The zero-order valence-electron chi connectivity index (χ0n) is 9.72. The summed E-state index contributed by atoms with van der Waals surface area (Å²) in [6.07, 6.45) is 2.34. The third-order valence-corrected chi connectivity index (χ3v) is 3.32. The lowest BCUT2D eigenvalue weighted by Gasteiger charge is -2.24. The number of hydrogen-bond acceptors (Lipinski definition) is 4. The Hall–Kier alpha value is -0.650. The Kier molecular flexibility index (Phi) is 3.78. The zero-order valence-corrected chi connectivity index (χ0v) is 9.72. The van der Waals surface area contributed by atoms with E-state index in [2.05, 4.69) is 0 Å². The molecule has 2 heterocycles. The molecule has 2 fully saturated rings. The first-order valence-corrected chi connectivity index (χ1v) is 5.88. The molecule has 0 aliphatic carbocycles. The lowest BCUT2D eigenvalue weighted by molar-refractivity contribution is -0.135. The molecule has 16 heavy (non-hydrogen) atoms. The number of carbonyl (C=O) groups is 1. The van der Waals surface area contributed by atoms with Crippen LogP contribution >= 0.6 is 0 Å². The maximum Gasteiger partial charge on any atom is 0.229 e. The minimum atomic E-state index is -0.175. The molecule has 2 rings (SSSR count). The summed E-state index contributed by atoms with van der Waals surface area (Å²) in [4.78, 5) is 13.8. The maximum absolute atomic E-state index is 12.1. The summed E-state index contributed by atoms with van der Waals surface area (Å²) in [6, 6.07) is -0.153. The number of hydrogen-bond donors (Lipinski definition) is 1. The van der Waals surface area contributed by atoms with Crippen LogP contribution in [0.3, 0.4) is 0 Å². The Bertz CT molecular complexity index is 254. The SMILES string of the molecule is CN(CC1CCCO1)C(=O)C1COCC1N. The van der Waals surface area contributed by atoms with Gasteiger partial charge in [-0.1, -0.05) is 0 Å². The maximum atomic E-state index is 12.1. The van der Waals surface area contributed by atoms with Crippen LogP contribution in [-0.4, -0.2) is 56.4 Å². The molecule has 0 aromatic heterocycles. The molecule has 2 aliphatic heterocycles. The van der Waals surface area contributed by atoms with Crippen LogP contribution in [0.4, 0.5) is 0 Å². The first-order chi connectivity index (χ1) is 7.68. The van der Waals surface area contributed by atoms with Gasteiger partial charge in [0.1, 0.15) is 0 Å². The number of nitrogens with zero attached hydrogens (tertiary/aromatic N) is 1. The van der Waals surface area contributed by atoms with E-state index in [-0.39, 0.29) is 24.0 Å². The molecule has 92 valence electrons. The van der Waals surface area contributed by atoms with Crippen LogP contribution in [0.5, 0.6) is 0 Å². The Labute approximate surface area is 95.9 Å². The Morgan fingerprint density at radius 2 is 2.31 bits per heavy atom. The standard InChI is InChI=1S/C11H20N2O3/c1-13(5-8-3-2-4-16-8)11(14)9-6-15-7-10(9)12/h8-10H,2-7,12H2,1H3. The van der Waals surface area contributed by atoms with Crippen LogP contribution in [-0.2, 0) is 14.3 Å². The molecular weight excluding hydrogens is 208 g/mol. The summed E-state index contributed by atoms with van der Waals surface area (Å²) in [6.45, 7) is 2.43. The van der Waals surface area contributed by atoms with E-state index in [4.69, 9.17) is 15.2 Å². The van der Waals surface area contributed by atoms with Gasteiger partial charge in [0, 0.05) is 26.2 Å². The second-order valence-electron chi connectivity index (χ2n) is 4.66. The molecule has 2 saturated heterocycles. The van der Waals surface area contributed by atoms with E-state index >= 15 is 0 Å². The molecule has 0 aromatic rings. The fourth-order valence-corrected chi connectivity index (χ4v) is 2.29. The van der Waals surface area contributed by atoms with Crippen molar-refractivity contribution in [2.24, 2.45) is 11.7 Å². The summed E-state index contributed by atoms with van der Waals surface area (Å²) >= 11 is 0. The van der Waals surface area contributed by atoms with E-state index < -0.39 is 0 Å². The van der Waals surface area contributed by atoms with Gasteiger partial charge in [0.25, 0.3) is 0 Å². The van der Waals surface area contributed by atoms with Crippen molar-refractivity contribution in [3.8, 4) is 0 Å². The highest BCUT2D eigenvalue weighted by atomic mass is 16.5. The van der Waals surface area contributed by atoms with Gasteiger partial charge in [-0.2, -0.15) is 0 Å². The van der Waals surface area contributed by atoms with Gasteiger partial charge in [-0.05, 0) is 12.8 Å². The van der Waals surface area contributed by atoms with Crippen molar-refractivity contribution in [3.05, 3.63) is 0 Å². The predicted octanol–water partition coefficient (Wildman–Crippen LogP) is -0.402. The second-order valence-corrected chi connectivity index (χ2v) is 4.66. The van der Waals surface area contributed by atoms with Crippen molar-refractivity contribution < 1.29 is 14.3 Å². The lowest BCUT2D eigenvalue weighted by atomic mass is 10.0. The van der Waals surface area contributed by atoms with E-state index in [1.54, 1.807) is 4.90 Å². The third kappa shape index (κ3) is 2.53. The lowest BCUT2D eigenvalue weighted by Crippen LogP contribution is -2.44. The Balaban J connectivity index is 1.83. The minimum Gasteiger partial charge on any atom is -0.379 e. The number of ether oxygens (including phenoxy) is 2. The van der Waals surface area contributed by atoms with Crippen molar-refractivity contribution in [2.75, 3.05) is 33.4 Å². The van der Waals surface area contributed by atoms with E-state index in [0.717, 1.165) is 19.4 Å². The van der Waals surface area contributed by atoms with Gasteiger partial charge >= 0.3 is 0 Å². The molecule has 0 aromatic carbocycles. The fourth-order valence-electron chi connectivity index (χ4n) is 2.29. The summed E-state index contributed by atoms with van der Waals surface area (Å²) in [5.74, 6) is -0.0908. The first-order valence-electron chi connectivity index (χ1n) is 5.88. The van der Waals surface area contributed by atoms with Crippen LogP contribution in [0.1, 0.15) is 12.8 Å². The van der Waals surface area contributed by atoms with Crippen LogP contribution in [0.15, 0.2) is 0 Å². The first kappa shape index (κ1) is 11.8. The molecule has 0 spiro atoms. The zero-order chi connectivity index (χ0) is 11.5. The highest BCUT2D eigenvalue weighted by Crippen LogP contribution is 2.17. The Morgan fingerprint density at radius 1 is 1.50 bits per heavy atom. The smallest absolute Gasteiger partial charge is 0.229 e. The fraction of sp³-hybridized carbons (Fsp3) is 0.909. The molecule has 2 N–H and O–H groups in total. The molecule has 1 amide bonds. The summed E-state index contributed by atoms with van der Waals surface area (Å²) in [5, 5.41) is 0. The third-order valence-electron chi connectivity index (χ3n) is 3.32. The summed E-state index contributed by atoms with van der Waals surface area (Å²) in [5.41, 5.74) is 5.82. The van der Waals surface area contributed by atoms with E-state index in [0.29, 0.717) is 19.8 Å². The van der Waals surface area contributed by atoms with Crippen molar-refractivity contribution in [2.45, 2.75) is 25.0 Å². The molecule has 3 unspecified atom stereocenters. The van der Waals surface area contributed by atoms with Crippen molar-refractivity contribution in [1.29, 1.82) is 0 Å². The monoisotopic (exact) mass is 228 g/mol. The topological polar surface area (TPSA) is 64.8 Å². The minimum absolute atomic E-state index is 0.0838. The van der Waals surface area contributed by atoms with Gasteiger partial charge in [0.05, 0.1) is 25.2 Å². The average molecular weight is 228 g/mol. The molecule has 0 bridgehead atoms. The van der Waals surface area contributed by atoms with Crippen molar-refractivity contribution in [3.63, 3.8) is 0 Å². The van der Waals surface area contributed by atoms with Crippen molar-refractivity contribution in [1.82, 2.24) is 4.90 Å². The van der Waals surface area contributed by atoms with Gasteiger partial charge in [-0.25, -0.2) is 0 Å². The summed E-state index contributed by atoms with van der Waals surface area (Å²) in [7, 11) is 1.81. The van der Waals surface area contributed by atoms with E-state index in [9.17, 15) is 4.79 Å². The molecule has 3 atom stereocenters. The highest BCUT2D eigenvalue weighted by Gasteiger charge is 2.34. The normalized spacial score (nSPS) is 34.2. The van der Waals surface area contributed by atoms with Gasteiger partial charge < -0.3 is 20.1 Å². The summed E-state index contributed by atoms with van der Waals surface area (Å²) < 4.78 is 10.7.